The van der Waals surface area contributed by atoms with Gasteiger partial charge in [0.25, 0.3) is 0 Å². The Morgan fingerprint density at radius 2 is 2.04 bits per heavy atom. The van der Waals surface area contributed by atoms with Crippen molar-refractivity contribution < 1.29 is 0 Å². The number of likely N-dealkylation sites (tertiary alicyclic amines) is 1. The van der Waals surface area contributed by atoms with E-state index in [1.165, 1.54) is 75.7 Å². The topological polar surface area (TPSA) is 55.8 Å². The van der Waals surface area contributed by atoms with Crippen molar-refractivity contribution in [3.05, 3.63) is 11.1 Å². The smallest absolute Gasteiger partial charge is 0.191 e. The standard InChI is InChI=1S/C19H34N6S/c1-3-10-24-13-7-16(8-14-24)22-18(20-2)21-9-6-17-15-26-19(23-17)25-11-4-5-12-25/h15-16H,3-14H2,1-2H3,(H2,20,21,22). The fourth-order valence-corrected chi connectivity index (χ4v) is 4.69. The second-order valence-corrected chi connectivity index (χ2v) is 8.16. The van der Waals surface area contributed by atoms with E-state index in [1.807, 2.05) is 7.05 Å². The van der Waals surface area contributed by atoms with Gasteiger partial charge in [-0.2, -0.15) is 0 Å². The van der Waals surface area contributed by atoms with E-state index in [2.05, 4.69) is 37.7 Å². The molecule has 0 amide bonds. The van der Waals surface area contributed by atoms with E-state index >= 15 is 0 Å². The van der Waals surface area contributed by atoms with Crippen LogP contribution < -0.4 is 15.5 Å². The second kappa shape index (κ2) is 10.1. The molecule has 0 aliphatic carbocycles. The molecule has 1 aromatic rings. The molecule has 0 spiro atoms. The first-order chi connectivity index (χ1) is 12.8. The molecule has 26 heavy (non-hydrogen) atoms. The molecule has 2 aliphatic rings. The van der Waals surface area contributed by atoms with Gasteiger partial charge in [0, 0.05) is 57.6 Å². The molecule has 2 aliphatic heterocycles. The molecule has 0 saturated carbocycles. The van der Waals surface area contributed by atoms with Gasteiger partial charge in [0.15, 0.2) is 11.1 Å². The van der Waals surface area contributed by atoms with E-state index < -0.39 is 0 Å². The highest BCUT2D eigenvalue weighted by molar-refractivity contribution is 7.13. The van der Waals surface area contributed by atoms with Crippen molar-refractivity contribution in [1.82, 2.24) is 20.5 Å². The van der Waals surface area contributed by atoms with Crippen molar-refractivity contribution in [3.63, 3.8) is 0 Å². The summed E-state index contributed by atoms with van der Waals surface area (Å²) in [4.78, 5) is 14.2. The Labute approximate surface area is 162 Å². The normalized spacial score (nSPS) is 19.9. The zero-order valence-electron chi connectivity index (χ0n) is 16.3. The van der Waals surface area contributed by atoms with Crippen LogP contribution in [0.25, 0.3) is 0 Å². The molecule has 0 radical (unpaired) electrons. The molecule has 3 heterocycles. The van der Waals surface area contributed by atoms with Gasteiger partial charge < -0.3 is 20.4 Å². The van der Waals surface area contributed by atoms with Crippen molar-refractivity contribution in [2.75, 3.05) is 51.2 Å². The van der Waals surface area contributed by atoms with E-state index in [4.69, 9.17) is 4.98 Å². The lowest BCUT2D eigenvalue weighted by atomic mass is 10.1. The van der Waals surface area contributed by atoms with E-state index in [1.54, 1.807) is 11.3 Å². The molecule has 0 unspecified atom stereocenters. The maximum Gasteiger partial charge on any atom is 0.191 e. The highest BCUT2D eigenvalue weighted by atomic mass is 32.1. The number of nitrogens with one attached hydrogen (secondary N) is 2. The fraction of sp³-hybridized carbons (Fsp3) is 0.789. The molecule has 2 fully saturated rings. The number of anilines is 1. The minimum absolute atomic E-state index is 0.537. The zero-order chi connectivity index (χ0) is 18.2. The molecule has 6 nitrogen and oxygen atoms in total. The van der Waals surface area contributed by atoms with E-state index in [9.17, 15) is 0 Å². The average molecular weight is 379 g/mol. The molecule has 2 saturated heterocycles. The first-order valence-corrected chi connectivity index (χ1v) is 11.1. The number of nitrogens with zero attached hydrogens (tertiary/aromatic N) is 4. The lowest BCUT2D eigenvalue weighted by Gasteiger charge is -2.32. The summed E-state index contributed by atoms with van der Waals surface area (Å²) in [6.45, 7) is 9.08. The van der Waals surface area contributed by atoms with Gasteiger partial charge in [-0.1, -0.05) is 6.92 Å². The predicted octanol–water partition coefficient (Wildman–Crippen LogP) is 2.33. The van der Waals surface area contributed by atoms with Crippen LogP contribution in [0, 0.1) is 0 Å². The lowest BCUT2D eigenvalue weighted by molar-refractivity contribution is 0.206. The third-order valence-corrected chi connectivity index (χ3v) is 6.23. The predicted molar refractivity (Wildman–Crippen MR) is 112 cm³/mol. The Bertz CT molecular complexity index is 558. The number of rotatable bonds is 7. The molecule has 7 heteroatoms. The Morgan fingerprint density at radius 3 is 2.73 bits per heavy atom. The molecule has 0 bridgehead atoms. The SMILES string of the molecule is CCCN1CCC(NC(=NC)NCCc2csc(N3CCCC3)n2)CC1. The number of aliphatic imine (C=N–C) groups is 1. The fourth-order valence-electron chi connectivity index (χ4n) is 3.78. The average Bonchev–Trinajstić information content (AvgIpc) is 3.34. The van der Waals surface area contributed by atoms with Gasteiger partial charge in [-0.3, -0.25) is 4.99 Å². The van der Waals surface area contributed by atoms with Crippen molar-refractivity contribution in [2.24, 2.45) is 4.99 Å². The van der Waals surface area contributed by atoms with Gasteiger partial charge in [-0.25, -0.2) is 4.98 Å². The maximum atomic E-state index is 4.80. The Kier molecular flexibility index (Phi) is 7.55. The van der Waals surface area contributed by atoms with Gasteiger partial charge in [0.2, 0.25) is 0 Å². The van der Waals surface area contributed by atoms with Crippen molar-refractivity contribution in [2.45, 2.75) is 51.5 Å². The summed E-state index contributed by atoms with van der Waals surface area (Å²) in [5, 5.41) is 10.4. The minimum Gasteiger partial charge on any atom is -0.356 e. The van der Waals surface area contributed by atoms with Crippen LogP contribution in [0.1, 0.15) is 44.7 Å². The summed E-state index contributed by atoms with van der Waals surface area (Å²) in [5.74, 6) is 0.925. The van der Waals surface area contributed by atoms with Crippen LogP contribution in [0.4, 0.5) is 5.13 Å². The van der Waals surface area contributed by atoms with Crippen molar-refractivity contribution in [1.29, 1.82) is 0 Å². The molecule has 0 aromatic carbocycles. The lowest BCUT2D eigenvalue weighted by Crippen LogP contribution is -2.49. The van der Waals surface area contributed by atoms with E-state index in [0.29, 0.717) is 6.04 Å². The third-order valence-electron chi connectivity index (χ3n) is 5.28. The van der Waals surface area contributed by atoms with Crippen LogP contribution in [0.5, 0.6) is 0 Å². The second-order valence-electron chi connectivity index (χ2n) is 7.32. The zero-order valence-corrected chi connectivity index (χ0v) is 17.2. The monoisotopic (exact) mass is 378 g/mol. The first kappa shape index (κ1) is 19.4. The minimum atomic E-state index is 0.537. The maximum absolute atomic E-state index is 4.80. The van der Waals surface area contributed by atoms with Gasteiger partial charge in [-0.05, 0) is 38.6 Å². The summed E-state index contributed by atoms with van der Waals surface area (Å²) >= 11 is 1.78. The molecule has 3 rings (SSSR count). The molecule has 1 aromatic heterocycles. The Hall–Kier alpha value is -1.34. The van der Waals surface area contributed by atoms with Crippen LogP contribution in [0.3, 0.4) is 0 Å². The van der Waals surface area contributed by atoms with Gasteiger partial charge in [-0.15, -0.1) is 11.3 Å². The molecule has 146 valence electrons. The summed E-state index contributed by atoms with van der Waals surface area (Å²) < 4.78 is 0. The van der Waals surface area contributed by atoms with Crippen molar-refractivity contribution in [3.8, 4) is 0 Å². The van der Waals surface area contributed by atoms with Crippen LogP contribution in [-0.2, 0) is 6.42 Å². The van der Waals surface area contributed by atoms with Gasteiger partial charge in [0.1, 0.15) is 0 Å². The first-order valence-electron chi connectivity index (χ1n) is 10.2. The summed E-state index contributed by atoms with van der Waals surface area (Å²) in [7, 11) is 1.86. The third kappa shape index (κ3) is 5.58. The number of hydrogen-bond acceptors (Lipinski definition) is 5. The highest BCUT2D eigenvalue weighted by Crippen LogP contribution is 2.24. The molecular formula is C19H34N6S. The highest BCUT2D eigenvalue weighted by Gasteiger charge is 2.19. The van der Waals surface area contributed by atoms with E-state index in [-0.39, 0.29) is 0 Å². The summed E-state index contributed by atoms with van der Waals surface area (Å²) in [6.07, 6.45) is 7.20. The van der Waals surface area contributed by atoms with Crippen molar-refractivity contribution >= 4 is 22.4 Å². The van der Waals surface area contributed by atoms with Crippen LogP contribution in [0.2, 0.25) is 0 Å². The number of guanidine groups is 1. The van der Waals surface area contributed by atoms with Crippen LogP contribution in [0.15, 0.2) is 10.4 Å². The summed E-state index contributed by atoms with van der Waals surface area (Å²) in [6, 6.07) is 0.537. The number of thiazole rings is 1. The van der Waals surface area contributed by atoms with Crippen LogP contribution >= 0.6 is 11.3 Å². The van der Waals surface area contributed by atoms with Gasteiger partial charge >= 0.3 is 0 Å². The molecular weight excluding hydrogens is 344 g/mol. The molecule has 0 atom stereocenters. The van der Waals surface area contributed by atoms with E-state index in [0.717, 1.165) is 18.9 Å². The number of hydrogen-bond donors (Lipinski definition) is 2. The molecule has 2 N–H and O–H groups in total. The number of aromatic nitrogens is 1. The largest absolute Gasteiger partial charge is 0.356 e. The Morgan fingerprint density at radius 1 is 1.27 bits per heavy atom. The Balaban J connectivity index is 1.37. The number of piperidine rings is 1. The quantitative estimate of drug-likeness (QED) is 0.563. The van der Waals surface area contributed by atoms with Crippen LogP contribution in [-0.4, -0.2) is 68.2 Å². The van der Waals surface area contributed by atoms with Gasteiger partial charge in [0.05, 0.1) is 5.69 Å². The summed E-state index contributed by atoms with van der Waals surface area (Å²) in [5.41, 5.74) is 1.19.